The maximum atomic E-state index is 12.1. The van der Waals surface area contributed by atoms with E-state index < -0.39 is 10.0 Å². The predicted molar refractivity (Wildman–Crippen MR) is 81.4 cm³/mol. The van der Waals surface area contributed by atoms with Gasteiger partial charge in [0, 0.05) is 26.3 Å². The van der Waals surface area contributed by atoms with Crippen molar-refractivity contribution in [1.82, 2.24) is 9.62 Å². The maximum absolute atomic E-state index is 12.1. The summed E-state index contributed by atoms with van der Waals surface area (Å²) in [7, 11) is -0.272. The molecule has 5 nitrogen and oxygen atoms in total. The fourth-order valence-corrected chi connectivity index (χ4v) is 3.29. The second-order valence-electron chi connectivity index (χ2n) is 5.41. The Morgan fingerprint density at radius 1 is 1.40 bits per heavy atom. The Bertz CT molecular complexity index is 537. The molecule has 1 aliphatic heterocycles. The Morgan fingerprint density at radius 2 is 2.20 bits per heavy atom. The number of hydrogen-bond donors (Lipinski definition) is 2. The van der Waals surface area contributed by atoms with E-state index in [2.05, 4.69) is 10.6 Å². The third-order valence-electron chi connectivity index (χ3n) is 3.61. The highest BCUT2D eigenvalue weighted by Gasteiger charge is 2.17. The van der Waals surface area contributed by atoms with Crippen molar-refractivity contribution in [2.75, 3.05) is 39.0 Å². The van der Waals surface area contributed by atoms with Gasteiger partial charge in [0.25, 0.3) is 0 Å². The van der Waals surface area contributed by atoms with E-state index in [4.69, 9.17) is 0 Å². The first-order valence-electron chi connectivity index (χ1n) is 6.97. The molecular formula is C14H23N3O2S. The van der Waals surface area contributed by atoms with Gasteiger partial charge in [0.15, 0.2) is 0 Å². The van der Waals surface area contributed by atoms with E-state index in [-0.39, 0.29) is 0 Å². The minimum absolute atomic E-state index is 0.328. The van der Waals surface area contributed by atoms with E-state index in [0.717, 1.165) is 25.3 Å². The summed E-state index contributed by atoms with van der Waals surface area (Å²) >= 11 is 0. The zero-order valence-electron chi connectivity index (χ0n) is 12.1. The second kappa shape index (κ2) is 6.56. The molecule has 0 radical (unpaired) electrons. The lowest BCUT2D eigenvalue weighted by Crippen LogP contribution is -2.33. The fourth-order valence-electron chi connectivity index (χ4n) is 2.34. The van der Waals surface area contributed by atoms with Crippen LogP contribution in [0.2, 0.25) is 0 Å². The molecule has 1 saturated heterocycles. The molecule has 1 atom stereocenters. The van der Waals surface area contributed by atoms with Crippen molar-refractivity contribution in [2.24, 2.45) is 5.92 Å². The van der Waals surface area contributed by atoms with Crippen LogP contribution in [0, 0.1) is 5.92 Å². The SMILES string of the molecule is CN(C)S(=O)(=O)c1cccc(NCC2CCCNC2)c1. The van der Waals surface area contributed by atoms with Crippen LogP contribution in [0.4, 0.5) is 5.69 Å². The summed E-state index contributed by atoms with van der Waals surface area (Å²) < 4.78 is 25.4. The molecule has 0 aliphatic carbocycles. The second-order valence-corrected chi connectivity index (χ2v) is 7.56. The van der Waals surface area contributed by atoms with Crippen molar-refractivity contribution in [3.05, 3.63) is 24.3 Å². The highest BCUT2D eigenvalue weighted by atomic mass is 32.2. The Labute approximate surface area is 121 Å². The normalized spacial score (nSPS) is 20.1. The van der Waals surface area contributed by atoms with Crippen LogP contribution in [-0.2, 0) is 10.0 Å². The Hall–Kier alpha value is -1.11. The Kier molecular flexibility index (Phi) is 5.01. The summed E-state index contributed by atoms with van der Waals surface area (Å²) in [6.45, 7) is 3.01. The molecule has 0 spiro atoms. The zero-order chi connectivity index (χ0) is 14.6. The topological polar surface area (TPSA) is 61.4 Å². The number of sulfonamides is 1. The van der Waals surface area contributed by atoms with Gasteiger partial charge in [-0.25, -0.2) is 12.7 Å². The van der Waals surface area contributed by atoms with Gasteiger partial charge in [0.05, 0.1) is 4.90 Å². The van der Waals surface area contributed by atoms with E-state index >= 15 is 0 Å². The van der Waals surface area contributed by atoms with Crippen LogP contribution in [0.3, 0.4) is 0 Å². The van der Waals surface area contributed by atoms with Crippen molar-refractivity contribution < 1.29 is 8.42 Å². The van der Waals surface area contributed by atoms with E-state index in [1.807, 2.05) is 6.07 Å². The van der Waals surface area contributed by atoms with Crippen LogP contribution >= 0.6 is 0 Å². The number of anilines is 1. The summed E-state index contributed by atoms with van der Waals surface area (Å²) in [6.07, 6.45) is 2.43. The lowest BCUT2D eigenvalue weighted by Gasteiger charge is -2.23. The molecule has 0 saturated carbocycles. The molecule has 0 bridgehead atoms. The smallest absolute Gasteiger partial charge is 0.242 e. The van der Waals surface area contributed by atoms with Gasteiger partial charge in [-0.15, -0.1) is 0 Å². The van der Waals surface area contributed by atoms with Crippen molar-refractivity contribution in [3.8, 4) is 0 Å². The van der Waals surface area contributed by atoms with Crippen LogP contribution in [0.5, 0.6) is 0 Å². The van der Waals surface area contributed by atoms with Crippen LogP contribution in [0.25, 0.3) is 0 Å². The largest absolute Gasteiger partial charge is 0.385 e. The summed E-state index contributed by atoms with van der Waals surface area (Å²) in [5.74, 6) is 0.609. The third-order valence-corrected chi connectivity index (χ3v) is 5.42. The van der Waals surface area contributed by atoms with Gasteiger partial charge in [-0.2, -0.15) is 0 Å². The van der Waals surface area contributed by atoms with Crippen LogP contribution < -0.4 is 10.6 Å². The quantitative estimate of drug-likeness (QED) is 0.861. The van der Waals surface area contributed by atoms with E-state index in [1.165, 1.54) is 17.1 Å². The van der Waals surface area contributed by atoms with Gasteiger partial charge in [0.2, 0.25) is 10.0 Å². The molecule has 1 heterocycles. The van der Waals surface area contributed by atoms with Crippen molar-refractivity contribution in [1.29, 1.82) is 0 Å². The Balaban J connectivity index is 2.02. The molecule has 0 amide bonds. The molecule has 1 fully saturated rings. The molecule has 1 aromatic carbocycles. The van der Waals surface area contributed by atoms with Crippen molar-refractivity contribution >= 4 is 15.7 Å². The molecule has 1 aliphatic rings. The molecule has 1 unspecified atom stereocenters. The number of benzene rings is 1. The molecule has 2 N–H and O–H groups in total. The van der Waals surface area contributed by atoms with Crippen LogP contribution in [-0.4, -0.2) is 46.5 Å². The summed E-state index contributed by atoms with van der Waals surface area (Å²) in [5.41, 5.74) is 0.860. The highest BCUT2D eigenvalue weighted by Crippen LogP contribution is 2.19. The predicted octanol–water partition coefficient (Wildman–Crippen LogP) is 1.35. The van der Waals surface area contributed by atoms with Crippen LogP contribution in [0.15, 0.2) is 29.2 Å². The van der Waals surface area contributed by atoms with Gasteiger partial charge in [-0.1, -0.05) is 6.07 Å². The molecule has 0 aromatic heterocycles. The fraction of sp³-hybridized carbons (Fsp3) is 0.571. The molecule has 6 heteroatoms. The lowest BCUT2D eigenvalue weighted by molar-refractivity contribution is 0.393. The minimum Gasteiger partial charge on any atom is -0.385 e. The van der Waals surface area contributed by atoms with Crippen LogP contribution in [0.1, 0.15) is 12.8 Å². The van der Waals surface area contributed by atoms with Gasteiger partial charge >= 0.3 is 0 Å². The maximum Gasteiger partial charge on any atom is 0.242 e. The van der Waals surface area contributed by atoms with E-state index in [1.54, 1.807) is 32.3 Å². The summed E-state index contributed by atoms with van der Waals surface area (Å²) in [5, 5.41) is 6.72. The van der Waals surface area contributed by atoms with E-state index in [9.17, 15) is 8.42 Å². The number of nitrogens with one attached hydrogen (secondary N) is 2. The lowest BCUT2D eigenvalue weighted by atomic mass is 10.00. The molecule has 20 heavy (non-hydrogen) atoms. The monoisotopic (exact) mass is 297 g/mol. The molecule has 2 rings (SSSR count). The van der Waals surface area contributed by atoms with Gasteiger partial charge in [0.1, 0.15) is 0 Å². The number of hydrogen-bond acceptors (Lipinski definition) is 4. The first-order valence-corrected chi connectivity index (χ1v) is 8.41. The Morgan fingerprint density at radius 3 is 2.85 bits per heavy atom. The van der Waals surface area contributed by atoms with Gasteiger partial charge in [-0.3, -0.25) is 0 Å². The first-order chi connectivity index (χ1) is 9.50. The van der Waals surface area contributed by atoms with Crippen molar-refractivity contribution in [3.63, 3.8) is 0 Å². The minimum atomic E-state index is -3.36. The number of rotatable bonds is 5. The third kappa shape index (κ3) is 3.71. The zero-order valence-corrected chi connectivity index (χ0v) is 12.9. The summed E-state index contributed by atoms with van der Waals surface area (Å²) in [6, 6.07) is 7.01. The molecule has 112 valence electrons. The number of piperidine rings is 1. The molecular weight excluding hydrogens is 274 g/mol. The van der Waals surface area contributed by atoms with Gasteiger partial charge < -0.3 is 10.6 Å². The number of nitrogens with zero attached hydrogens (tertiary/aromatic N) is 1. The average molecular weight is 297 g/mol. The summed E-state index contributed by atoms with van der Waals surface area (Å²) in [4.78, 5) is 0.328. The average Bonchev–Trinajstić information content (AvgIpc) is 2.46. The molecule has 1 aromatic rings. The first kappa shape index (κ1) is 15.3. The van der Waals surface area contributed by atoms with Crippen molar-refractivity contribution in [2.45, 2.75) is 17.7 Å². The standard InChI is InChI=1S/C14H23N3O2S/c1-17(2)20(18,19)14-7-3-6-13(9-14)16-11-12-5-4-8-15-10-12/h3,6-7,9,12,15-16H,4-5,8,10-11H2,1-2H3. The van der Waals surface area contributed by atoms with E-state index in [0.29, 0.717) is 10.8 Å². The van der Waals surface area contributed by atoms with Gasteiger partial charge in [-0.05, 0) is 50.0 Å². The highest BCUT2D eigenvalue weighted by molar-refractivity contribution is 7.89.